The number of benzene rings is 1. The van der Waals surface area contributed by atoms with Crippen LogP contribution in [0.4, 0.5) is 17.3 Å². The molecule has 100 valence electrons. The summed E-state index contributed by atoms with van der Waals surface area (Å²) in [6.45, 7) is 4.80. The largest absolute Gasteiger partial charge is 0.373 e. The number of nitrogens with zero attached hydrogens (tertiary/aromatic N) is 3. The Morgan fingerprint density at radius 3 is 2.47 bits per heavy atom. The molecule has 1 N–H and O–H groups in total. The Kier molecular flexibility index (Phi) is 4.22. The van der Waals surface area contributed by atoms with E-state index < -0.39 is 0 Å². The fourth-order valence-electron chi connectivity index (χ4n) is 1.92. The van der Waals surface area contributed by atoms with Gasteiger partial charge in [0.05, 0.1) is 0 Å². The van der Waals surface area contributed by atoms with E-state index >= 15 is 0 Å². The molecule has 0 aliphatic carbocycles. The number of hydrogen-bond acceptors (Lipinski definition) is 4. The highest BCUT2D eigenvalue weighted by Crippen LogP contribution is 2.26. The van der Waals surface area contributed by atoms with Gasteiger partial charge < -0.3 is 10.2 Å². The maximum atomic E-state index is 5.92. The van der Waals surface area contributed by atoms with Crippen LogP contribution in [0.5, 0.6) is 0 Å². The molecule has 2 rings (SSSR count). The van der Waals surface area contributed by atoms with E-state index in [1.165, 1.54) is 0 Å². The summed E-state index contributed by atoms with van der Waals surface area (Å²) in [5.41, 5.74) is 1.06. The van der Waals surface area contributed by atoms with Crippen LogP contribution >= 0.6 is 11.6 Å². The molecule has 0 aliphatic heterocycles. The van der Waals surface area contributed by atoms with E-state index in [1.54, 1.807) is 0 Å². The van der Waals surface area contributed by atoms with Gasteiger partial charge in [-0.1, -0.05) is 11.6 Å². The van der Waals surface area contributed by atoms with E-state index in [0.29, 0.717) is 0 Å². The van der Waals surface area contributed by atoms with Crippen molar-refractivity contribution in [2.24, 2.45) is 0 Å². The Morgan fingerprint density at radius 2 is 1.89 bits per heavy atom. The molecule has 0 bridgehead atoms. The standard InChI is InChI=1S/C14H17ClN4/c1-4-19(12-7-5-11(15)6-8-12)14-9-13(16-3)17-10(2)18-14/h5-9H,4H2,1-3H3,(H,16,17,18). The van der Waals surface area contributed by atoms with E-state index in [-0.39, 0.29) is 0 Å². The second-order valence-corrected chi connectivity index (χ2v) is 4.57. The first-order valence-electron chi connectivity index (χ1n) is 6.20. The van der Waals surface area contributed by atoms with Gasteiger partial charge in [-0.3, -0.25) is 0 Å². The number of aromatic nitrogens is 2. The minimum Gasteiger partial charge on any atom is -0.373 e. The van der Waals surface area contributed by atoms with Gasteiger partial charge in [-0.25, -0.2) is 9.97 Å². The lowest BCUT2D eigenvalue weighted by Crippen LogP contribution is -2.18. The summed E-state index contributed by atoms with van der Waals surface area (Å²) in [6.07, 6.45) is 0. The maximum Gasteiger partial charge on any atom is 0.138 e. The highest BCUT2D eigenvalue weighted by molar-refractivity contribution is 6.30. The molecule has 1 aromatic carbocycles. The minimum absolute atomic E-state index is 0.731. The first-order chi connectivity index (χ1) is 9.13. The van der Waals surface area contributed by atoms with E-state index in [2.05, 4.69) is 27.1 Å². The van der Waals surface area contributed by atoms with E-state index in [0.717, 1.165) is 34.7 Å². The predicted molar refractivity (Wildman–Crippen MR) is 80.4 cm³/mol. The molecule has 0 amide bonds. The average molecular weight is 277 g/mol. The normalized spacial score (nSPS) is 10.3. The molecular weight excluding hydrogens is 260 g/mol. The van der Waals surface area contributed by atoms with Crippen LogP contribution in [0.25, 0.3) is 0 Å². The highest BCUT2D eigenvalue weighted by Gasteiger charge is 2.10. The van der Waals surface area contributed by atoms with Crippen LogP contribution in [0.1, 0.15) is 12.7 Å². The van der Waals surface area contributed by atoms with Gasteiger partial charge in [0.2, 0.25) is 0 Å². The number of halogens is 1. The predicted octanol–water partition coefficient (Wildman–Crippen LogP) is 3.64. The van der Waals surface area contributed by atoms with Crippen molar-refractivity contribution in [3.8, 4) is 0 Å². The molecule has 19 heavy (non-hydrogen) atoms. The molecular formula is C14H17ClN4. The van der Waals surface area contributed by atoms with E-state index in [1.807, 2.05) is 44.3 Å². The number of anilines is 3. The molecule has 1 aromatic heterocycles. The monoisotopic (exact) mass is 276 g/mol. The molecule has 5 heteroatoms. The van der Waals surface area contributed by atoms with Gasteiger partial charge in [0.1, 0.15) is 17.5 Å². The second kappa shape index (κ2) is 5.89. The molecule has 0 saturated heterocycles. The summed E-state index contributed by atoms with van der Waals surface area (Å²) in [5.74, 6) is 2.44. The summed E-state index contributed by atoms with van der Waals surface area (Å²) in [4.78, 5) is 10.9. The third kappa shape index (κ3) is 3.15. The molecule has 0 saturated carbocycles. The van der Waals surface area contributed by atoms with Crippen molar-refractivity contribution in [2.75, 3.05) is 23.8 Å². The lowest BCUT2D eigenvalue weighted by Gasteiger charge is -2.22. The van der Waals surface area contributed by atoms with E-state index in [4.69, 9.17) is 11.6 Å². The van der Waals surface area contributed by atoms with Gasteiger partial charge in [0.25, 0.3) is 0 Å². The van der Waals surface area contributed by atoms with Crippen LogP contribution in [0.15, 0.2) is 30.3 Å². The lowest BCUT2D eigenvalue weighted by atomic mass is 10.3. The lowest BCUT2D eigenvalue weighted by molar-refractivity contribution is 0.952. The fraction of sp³-hybridized carbons (Fsp3) is 0.286. The molecule has 0 aliphatic rings. The van der Waals surface area contributed by atoms with Crippen LogP contribution in [0.2, 0.25) is 5.02 Å². The number of aryl methyl sites for hydroxylation is 1. The van der Waals surface area contributed by atoms with Crippen molar-refractivity contribution in [1.82, 2.24) is 9.97 Å². The van der Waals surface area contributed by atoms with Crippen molar-refractivity contribution in [2.45, 2.75) is 13.8 Å². The van der Waals surface area contributed by atoms with Crippen molar-refractivity contribution < 1.29 is 0 Å². The molecule has 0 fully saturated rings. The summed E-state index contributed by atoms with van der Waals surface area (Å²) in [6, 6.07) is 9.68. The number of hydrogen-bond donors (Lipinski definition) is 1. The maximum absolute atomic E-state index is 5.92. The van der Waals surface area contributed by atoms with Crippen molar-refractivity contribution in [1.29, 1.82) is 0 Å². The molecule has 2 aromatic rings. The van der Waals surface area contributed by atoms with Gasteiger partial charge in [0.15, 0.2) is 0 Å². The Morgan fingerprint density at radius 1 is 1.21 bits per heavy atom. The van der Waals surface area contributed by atoms with Crippen molar-refractivity contribution >= 4 is 28.9 Å². The zero-order valence-electron chi connectivity index (χ0n) is 11.3. The van der Waals surface area contributed by atoms with Crippen LogP contribution in [0, 0.1) is 6.92 Å². The van der Waals surface area contributed by atoms with Gasteiger partial charge >= 0.3 is 0 Å². The molecule has 0 radical (unpaired) electrons. The molecule has 1 heterocycles. The quantitative estimate of drug-likeness (QED) is 0.926. The smallest absolute Gasteiger partial charge is 0.138 e. The van der Waals surface area contributed by atoms with E-state index in [9.17, 15) is 0 Å². The second-order valence-electron chi connectivity index (χ2n) is 4.13. The number of nitrogens with one attached hydrogen (secondary N) is 1. The molecule has 4 nitrogen and oxygen atoms in total. The Balaban J connectivity index is 2.41. The average Bonchev–Trinajstić information content (AvgIpc) is 2.41. The van der Waals surface area contributed by atoms with Crippen molar-refractivity contribution in [3.05, 3.63) is 41.2 Å². The zero-order chi connectivity index (χ0) is 13.8. The molecule has 0 atom stereocenters. The van der Waals surface area contributed by atoms with Gasteiger partial charge in [0, 0.05) is 30.4 Å². The third-order valence-electron chi connectivity index (χ3n) is 2.81. The third-order valence-corrected chi connectivity index (χ3v) is 3.06. The summed E-state index contributed by atoms with van der Waals surface area (Å²) < 4.78 is 0. The first-order valence-corrected chi connectivity index (χ1v) is 6.58. The minimum atomic E-state index is 0.731. The summed E-state index contributed by atoms with van der Waals surface area (Å²) in [5, 5.41) is 3.78. The van der Waals surface area contributed by atoms with Gasteiger partial charge in [-0.05, 0) is 38.1 Å². The topological polar surface area (TPSA) is 41.0 Å². The SMILES string of the molecule is CCN(c1ccc(Cl)cc1)c1cc(NC)nc(C)n1. The van der Waals surface area contributed by atoms with Gasteiger partial charge in [-0.2, -0.15) is 0 Å². The zero-order valence-corrected chi connectivity index (χ0v) is 12.1. The highest BCUT2D eigenvalue weighted by atomic mass is 35.5. The molecule has 0 unspecified atom stereocenters. The van der Waals surface area contributed by atoms with Crippen LogP contribution < -0.4 is 10.2 Å². The summed E-state index contributed by atoms with van der Waals surface area (Å²) >= 11 is 5.92. The Labute approximate surface area is 118 Å². The Hall–Kier alpha value is -1.81. The van der Waals surface area contributed by atoms with Crippen molar-refractivity contribution in [3.63, 3.8) is 0 Å². The number of rotatable bonds is 4. The summed E-state index contributed by atoms with van der Waals surface area (Å²) in [7, 11) is 1.85. The fourth-order valence-corrected chi connectivity index (χ4v) is 2.04. The first kappa shape index (κ1) is 13.6. The van der Waals surface area contributed by atoms with Crippen LogP contribution in [0.3, 0.4) is 0 Å². The van der Waals surface area contributed by atoms with Gasteiger partial charge in [-0.15, -0.1) is 0 Å². The Bertz CT molecular complexity index is 554. The van der Waals surface area contributed by atoms with Crippen LogP contribution in [-0.4, -0.2) is 23.6 Å². The van der Waals surface area contributed by atoms with Crippen LogP contribution in [-0.2, 0) is 0 Å². The molecule has 0 spiro atoms.